The molecule has 2 aromatic carbocycles. The maximum atomic E-state index is 12.3. The van der Waals surface area contributed by atoms with Gasteiger partial charge in [0, 0.05) is 11.0 Å². The molecule has 0 fully saturated rings. The SMILES string of the molecule is O=S(=O)(CCCC(S)CS)c1ccc(Oc2ccccc2)cc1. The van der Waals surface area contributed by atoms with Gasteiger partial charge in [0.05, 0.1) is 10.6 Å². The molecular formula is C17H20O3S3. The van der Waals surface area contributed by atoms with Crippen LogP contribution in [0.25, 0.3) is 0 Å². The van der Waals surface area contributed by atoms with Crippen molar-refractivity contribution >= 4 is 35.1 Å². The minimum absolute atomic E-state index is 0.122. The van der Waals surface area contributed by atoms with Gasteiger partial charge >= 0.3 is 0 Å². The zero-order valence-corrected chi connectivity index (χ0v) is 15.2. The standard InChI is InChI=1S/C17H20O3S3/c18-23(19,12-4-7-16(22)13-21)17-10-8-15(9-11-17)20-14-5-2-1-3-6-14/h1-3,5-6,8-11,16,21-22H,4,7,12-13H2. The van der Waals surface area contributed by atoms with Crippen LogP contribution in [0.1, 0.15) is 12.8 Å². The van der Waals surface area contributed by atoms with Crippen molar-refractivity contribution < 1.29 is 13.2 Å². The highest BCUT2D eigenvalue weighted by Crippen LogP contribution is 2.23. The first-order valence-corrected chi connectivity index (χ1v) is 10.2. The van der Waals surface area contributed by atoms with Crippen molar-refractivity contribution in [2.24, 2.45) is 0 Å². The smallest absolute Gasteiger partial charge is 0.178 e. The number of thiol groups is 2. The Labute approximate surface area is 148 Å². The number of benzene rings is 2. The van der Waals surface area contributed by atoms with Crippen molar-refractivity contribution in [3.63, 3.8) is 0 Å². The Kier molecular flexibility index (Phi) is 6.87. The predicted molar refractivity (Wildman–Crippen MR) is 101 cm³/mol. The third kappa shape index (κ3) is 5.79. The summed E-state index contributed by atoms with van der Waals surface area (Å²) in [5.41, 5.74) is 0. The molecule has 1 atom stereocenters. The maximum absolute atomic E-state index is 12.3. The lowest BCUT2D eigenvalue weighted by atomic mass is 10.3. The van der Waals surface area contributed by atoms with Gasteiger partial charge in [0.25, 0.3) is 0 Å². The highest BCUT2D eigenvalue weighted by atomic mass is 32.2. The average molecular weight is 369 g/mol. The van der Waals surface area contributed by atoms with Crippen molar-refractivity contribution in [1.29, 1.82) is 0 Å². The van der Waals surface area contributed by atoms with Crippen molar-refractivity contribution in [1.82, 2.24) is 0 Å². The van der Waals surface area contributed by atoms with Gasteiger partial charge in [-0.15, -0.1) is 0 Å². The van der Waals surface area contributed by atoms with E-state index in [1.807, 2.05) is 30.3 Å². The Morgan fingerprint density at radius 1 is 0.957 bits per heavy atom. The van der Waals surface area contributed by atoms with E-state index in [0.29, 0.717) is 22.8 Å². The summed E-state index contributed by atoms with van der Waals surface area (Å²) >= 11 is 8.46. The van der Waals surface area contributed by atoms with Crippen LogP contribution in [0.15, 0.2) is 59.5 Å². The van der Waals surface area contributed by atoms with Crippen LogP contribution in [0.4, 0.5) is 0 Å². The maximum Gasteiger partial charge on any atom is 0.178 e. The first-order chi connectivity index (χ1) is 11.0. The van der Waals surface area contributed by atoms with Crippen molar-refractivity contribution in [3.05, 3.63) is 54.6 Å². The Balaban J connectivity index is 1.98. The molecule has 0 aliphatic rings. The summed E-state index contributed by atoms with van der Waals surface area (Å²) in [7, 11) is -3.27. The van der Waals surface area contributed by atoms with Gasteiger partial charge in [-0.1, -0.05) is 18.2 Å². The fraction of sp³-hybridized carbons (Fsp3) is 0.294. The predicted octanol–water partition coefficient (Wildman–Crippen LogP) is 4.26. The molecule has 2 aromatic rings. The second kappa shape index (κ2) is 8.66. The molecule has 0 aromatic heterocycles. The first kappa shape index (κ1) is 18.2. The molecule has 0 aliphatic heterocycles. The normalized spacial score (nSPS) is 12.8. The van der Waals surface area contributed by atoms with E-state index in [1.165, 1.54) is 0 Å². The quantitative estimate of drug-likeness (QED) is 0.684. The van der Waals surface area contributed by atoms with Crippen LogP contribution in [0.2, 0.25) is 0 Å². The largest absolute Gasteiger partial charge is 0.457 e. The molecule has 0 radical (unpaired) electrons. The molecule has 0 bridgehead atoms. The summed E-state index contributed by atoms with van der Waals surface area (Å²) in [5.74, 6) is 2.10. The summed E-state index contributed by atoms with van der Waals surface area (Å²) in [6, 6.07) is 15.9. The highest BCUT2D eigenvalue weighted by molar-refractivity contribution is 7.91. The van der Waals surface area contributed by atoms with E-state index in [2.05, 4.69) is 25.3 Å². The first-order valence-electron chi connectivity index (χ1n) is 7.36. The van der Waals surface area contributed by atoms with E-state index < -0.39 is 9.84 Å². The zero-order valence-electron chi connectivity index (χ0n) is 12.6. The molecule has 0 N–H and O–H groups in total. The molecule has 3 nitrogen and oxygen atoms in total. The fourth-order valence-corrected chi connectivity index (χ4v) is 3.76. The van der Waals surface area contributed by atoms with Gasteiger partial charge in [-0.2, -0.15) is 25.3 Å². The molecule has 0 aliphatic carbocycles. The Hall–Kier alpha value is -1.11. The van der Waals surface area contributed by atoms with Crippen molar-refractivity contribution in [2.75, 3.05) is 11.5 Å². The summed E-state index contributed by atoms with van der Waals surface area (Å²) in [5, 5.41) is 0.134. The molecule has 1 unspecified atom stereocenters. The van der Waals surface area contributed by atoms with Crippen molar-refractivity contribution in [3.8, 4) is 11.5 Å². The van der Waals surface area contributed by atoms with E-state index in [0.717, 1.165) is 12.2 Å². The van der Waals surface area contributed by atoms with E-state index in [-0.39, 0.29) is 11.0 Å². The summed E-state index contributed by atoms with van der Waals surface area (Å²) in [6.07, 6.45) is 1.32. The van der Waals surface area contributed by atoms with Crippen LogP contribution >= 0.6 is 25.3 Å². The Morgan fingerprint density at radius 2 is 1.57 bits per heavy atom. The van der Waals surface area contributed by atoms with Gasteiger partial charge in [-0.3, -0.25) is 0 Å². The highest BCUT2D eigenvalue weighted by Gasteiger charge is 2.15. The van der Waals surface area contributed by atoms with Gasteiger partial charge in [0.15, 0.2) is 9.84 Å². The lowest BCUT2D eigenvalue weighted by molar-refractivity contribution is 0.482. The van der Waals surface area contributed by atoms with E-state index in [9.17, 15) is 8.42 Å². The summed E-state index contributed by atoms with van der Waals surface area (Å²) < 4.78 is 30.2. The molecular weight excluding hydrogens is 348 g/mol. The van der Waals surface area contributed by atoms with Crippen LogP contribution in [-0.2, 0) is 9.84 Å². The molecule has 0 amide bonds. The molecule has 0 heterocycles. The second-order valence-electron chi connectivity index (χ2n) is 5.18. The van der Waals surface area contributed by atoms with Gasteiger partial charge < -0.3 is 4.74 Å². The third-order valence-electron chi connectivity index (χ3n) is 3.32. The van der Waals surface area contributed by atoms with Crippen LogP contribution < -0.4 is 4.74 Å². The minimum atomic E-state index is -3.27. The summed E-state index contributed by atoms with van der Waals surface area (Å²) in [6.45, 7) is 0. The second-order valence-corrected chi connectivity index (χ2v) is 8.39. The lowest BCUT2D eigenvalue weighted by Gasteiger charge is -2.09. The van der Waals surface area contributed by atoms with Crippen LogP contribution in [-0.4, -0.2) is 25.2 Å². The monoisotopic (exact) mass is 368 g/mol. The fourth-order valence-electron chi connectivity index (χ4n) is 2.06. The number of hydrogen-bond acceptors (Lipinski definition) is 5. The minimum Gasteiger partial charge on any atom is -0.457 e. The molecule has 124 valence electrons. The number of hydrogen-bond donors (Lipinski definition) is 2. The van der Waals surface area contributed by atoms with Crippen molar-refractivity contribution in [2.45, 2.75) is 23.0 Å². The van der Waals surface area contributed by atoms with E-state index in [4.69, 9.17) is 4.74 Å². The lowest BCUT2D eigenvalue weighted by Crippen LogP contribution is -2.09. The molecule has 0 saturated heterocycles. The topological polar surface area (TPSA) is 43.4 Å². The number of rotatable bonds is 8. The van der Waals surface area contributed by atoms with Gasteiger partial charge in [0.2, 0.25) is 0 Å². The van der Waals surface area contributed by atoms with Crippen LogP contribution in [0, 0.1) is 0 Å². The number of sulfone groups is 1. The summed E-state index contributed by atoms with van der Waals surface area (Å²) in [4.78, 5) is 0.319. The van der Waals surface area contributed by atoms with E-state index >= 15 is 0 Å². The van der Waals surface area contributed by atoms with Gasteiger partial charge in [-0.25, -0.2) is 8.42 Å². The molecule has 0 spiro atoms. The zero-order chi connectivity index (χ0) is 16.7. The number of ether oxygens (including phenoxy) is 1. The molecule has 23 heavy (non-hydrogen) atoms. The molecule has 0 saturated carbocycles. The van der Waals surface area contributed by atoms with Gasteiger partial charge in [-0.05, 0) is 49.2 Å². The van der Waals surface area contributed by atoms with E-state index in [1.54, 1.807) is 24.3 Å². The average Bonchev–Trinajstić information content (AvgIpc) is 2.56. The molecule has 6 heteroatoms. The van der Waals surface area contributed by atoms with Gasteiger partial charge in [0.1, 0.15) is 11.5 Å². The third-order valence-corrected chi connectivity index (χ3v) is 6.31. The molecule has 2 rings (SSSR count). The van der Waals surface area contributed by atoms with Crippen LogP contribution in [0.3, 0.4) is 0 Å². The Morgan fingerprint density at radius 3 is 2.17 bits per heavy atom. The Bertz CT molecular complexity index is 698. The number of para-hydroxylation sites is 1. The van der Waals surface area contributed by atoms with Crippen LogP contribution in [0.5, 0.6) is 11.5 Å².